The van der Waals surface area contributed by atoms with Gasteiger partial charge in [0.05, 0.1) is 5.69 Å². The maximum atomic E-state index is 14.1. The normalized spacial score (nSPS) is 16.4. The molecule has 3 heterocycles. The van der Waals surface area contributed by atoms with Crippen molar-refractivity contribution in [1.82, 2.24) is 19.6 Å². The van der Waals surface area contributed by atoms with E-state index in [1.165, 1.54) is 18.2 Å². The van der Waals surface area contributed by atoms with Crippen molar-refractivity contribution in [3.63, 3.8) is 0 Å². The van der Waals surface area contributed by atoms with Crippen LogP contribution in [0.15, 0.2) is 54.6 Å². The zero-order valence-electron chi connectivity index (χ0n) is 18.7. The van der Waals surface area contributed by atoms with Crippen molar-refractivity contribution in [2.24, 2.45) is 0 Å². The SMILES string of the molecule is O=C(c1cc2n(n1)CCCN(Cc1cccc(F)c1)C2=O)N1CCN(c2ccccc2F)CC1. The minimum absolute atomic E-state index is 0.224. The minimum Gasteiger partial charge on any atom is -0.366 e. The number of aromatic nitrogens is 2. The van der Waals surface area contributed by atoms with E-state index in [1.54, 1.807) is 50.9 Å². The van der Waals surface area contributed by atoms with E-state index in [1.807, 2.05) is 4.90 Å². The molecular formula is C25H25F2N5O2. The van der Waals surface area contributed by atoms with Crippen LogP contribution < -0.4 is 4.90 Å². The lowest BCUT2D eigenvalue weighted by Crippen LogP contribution is -2.49. The van der Waals surface area contributed by atoms with Crippen LogP contribution in [0.2, 0.25) is 0 Å². The number of hydrogen-bond acceptors (Lipinski definition) is 4. The topological polar surface area (TPSA) is 61.7 Å². The molecule has 2 aromatic carbocycles. The molecule has 0 unspecified atom stereocenters. The van der Waals surface area contributed by atoms with E-state index < -0.39 is 0 Å². The van der Waals surface area contributed by atoms with E-state index in [9.17, 15) is 18.4 Å². The summed E-state index contributed by atoms with van der Waals surface area (Å²) in [6.07, 6.45) is 0.685. The fourth-order valence-corrected chi connectivity index (χ4v) is 4.57. The highest BCUT2D eigenvalue weighted by atomic mass is 19.1. The smallest absolute Gasteiger partial charge is 0.274 e. The van der Waals surface area contributed by atoms with Crippen molar-refractivity contribution in [2.75, 3.05) is 37.6 Å². The average molecular weight is 466 g/mol. The number of para-hydroxylation sites is 1. The molecule has 0 spiro atoms. The molecule has 0 saturated carbocycles. The number of halogens is 2. The molecule has 3 aromatic rings. The Morgan fingerprint density at radius 2 is 1.71 bits per heavy atom. The standard InChI is InChI=1S/C25H25F2N5O2/c26-19-6-3-5-18(15-19)17-31-9-4-10-32-23(25(31)34)16-21(28-32)24(33)30-13-11-29(12-14-30)22-8-2-1-7-20(22)27/h1-3,5-8,15-16H,4,9-14,17H2. The first kappa shape index (κ1) is 22.1. The molecule has 9 heteroatoms. The second kappa shape index (κ2) is 9.24. The Kier molecular flexibility index (Phi) is 6.00. The van der Waals surface area contributed by atoms with Gasteiger partial charge in [0.25, 0.3) is 11.8 Å². The quantitative estimate of drug-likeness (QED) is 0.594. The maximum Gasteiger partial charge on any atom is 0.274 e. The fraction of sp³-hybridized carbons (Fsp3) is 0.320. The average Bonchev–Trinajstić information content (AvgIpc) is 3.21. The lowest BCUT2D eigenvalue weighted by atomic mass is 10.2. The van der Waals surface area contributed by atoms with E-state index >= 15 is 0 Å². The highest BCUT2D eigenvalue weighted by Gasteiger charge is 2.29. The van der Waals surface area contributed by atoms with Crippen molar-refractivity contribution in [3.8, 4) is 0 Å². The van der Waals surface area contributed by atoms with Gasteiger partial charge in [0.1, 0.15) is 17.3 Å². The van der Waals surface area contributed by atoms with Gasteiger partial charge in [-0.3, -0.25) is 14.3 Å². The Labute approximate surface area is 196 Å². The summed E-state index contributed by atoms with van der Waals surface area (Å²) in [5.41, 5.74) is 1.84. The minimum atomic E-state index is -0.340. The molecule has 1 saturated heterocycles. The van der Waals surface area contributed by atoms with E-state index in [0.717, 1.165) is 0 Å². The summed E-state index contributed by atoms with van der Waals surface area (Å²) in [6.45, 7) is 3.25. The molecule has 1 aromatic heterocycles. The first-order valence-electron chi connectivity index (χ1n) is 11.4. The number of rotatable bonds is 4. The van der Waals surface area contributed by atoms with Crippen molar-refractivity contribution in [2.45, 2.75) is 19.5 Å². The molecule has 34 heavy (non-hydrogen) atoms. The summed E-state index contributed by atoms with van der Waals surface area (Å²) in [4.78, 5) is 31.6. The van der Waals surface area contributed by atoms with Gasteiger partial charge >= 0.3 is 0 Å². The predicted molar refractivity (Wildman–Crippen MR) is 123 cm³/mol. The van der Waals surface area contributed by atoms with Crippen LogP contribution in [-0.2, 0) is 13.1 Å². The van der Waals surface area contributed by atoms with Gasteiger partial charge in [-0.15, -0.1) is 0 Å². The van der Waals surface area contributed by atoms with Crippen LogP contribution in [0, 0.1) is 11.6 Å². The van der Waals surface area contributed by atoms with Gasteiger partial charge < -0.3 is 14.7 Å². The Bertz CT molecular complexity index is 1220. The highest BCUT2D eigenvalue weighted by Crippen LogP contribution is 2.22. The number of nitrogens with zero attached hydrogens (tertiary/aromatic N) is 5. The monoisotopic (exact) mass is 465 g/mol. The fourth-order valence-electron chi connectivity index (χ4n) is 4.57. The zero-order valence-corrected chi connectivity index (χ0v) is 18.7. The van der Waals surface area contributed by atoms with E-state index in [-0.39, 0.29) is 29.1 Å². The van der Waals surface area contributed by atoms with Crippen LogP contribution >= 0.6 is 0 Å². The summed E-state index contributed by atoms with van der Waals surface area (Å²) in [5.74, 6) is -1.08. The lowest BCUT2D eigenvalue weighted by Gasteiger charge is -2.35. The Morgan fingerprint density at radius 1 is 0.912 bits per heavy atom. The van der Waals surface area contributed by atoms with E-state index in [4.69, 9.17) is 0 Å². The highest BCUT2D eigenvalue weighted by molar-refractivity contribution is 5.98. The summed E-state index contributed by atoms with van der Waals surface area (Å²) in [6, 6.07) is 14.4. The second-order valence-corrected chi connectivity index (χ2v) is 8.58. The lowest BCUT2D eigenvalue weighted by molar-refractivity contribution is 0.0738. The zero-order chi connectivity index (χ0) is 23.7. The number of fused-ring (bicyclic) bond motifs is 1. The van der Waals surface area contributed by atoms with Crippen LogP contribution in [0.5, 0.6) is 0 Å². The van der Waals surface area contributed by atoms with Crippen molar-refractivity contribution >= 4 is 17.5 Å². The number of hydrogen-bond donors (Lipinski definition) is 0. The van der Waals surface area contributed by atoms with Gasteiger partial charge in [0.2, 0.25) is 0 Å². The largest absolute Gasteiger partial charge is 0.366 e. The Balaban J connectivity index is 1.27. The number of carbonyl (C=O) groups is 2. The summed E-state index contributed by atoms with van der Waals surface area (Å²) in [5, 5.41) is 4.43. The first-order chi connectivity index (χ1) is 16.5. The number of amides is 2. The Hall–Kier alpha value is -3.75. The third-order valence-electron chi connectivity index (χ3n) is 6.33. The summed E-state index contributed by atoms with van der Waals surface area (Å²) < 4.78 is 29.3. The molecule has 0 N–H and O–H groups in total. The molecule has 1 fully saturated rings. The van der Waals surface area contributed by atoms with E-state index in [0.29, 0.717) is 69.2 Å². The number of piperazine rings is 1. The van der Waals surface area contributed by atoms with Gasteiger partial charge in [0, 0.05) is 51.9 Å². The van der Waals surface area contributed by atoms with Crippen LogP contribution in [0.1, 0.15) is 33.0 Å². The van der Waals surface area contributed by atoms with Crippen LogP contribution in [-0.4, -0.2) is 64.1 Å². The van der Waals surface area contributed by atoms with Gasteiger partial charge in [-0.2, -0.15) is 5.10 Å². The van der Waals surface area contributed by atoms with Crippen LogP contribution in [0.3, 0.4) is 0 Å². The van der Waals surface area contributed by atoms with Crippen LogP contribution in [0.4, 0.5) is 14.5 Å². The molecule has 176 valence electrons. The van der Waals surface area contributed by atoms with Crippen molar-refractivity contribution in [3.05, 3.63) is 83.2 Å². The van der Waals surface area contributed by atoms with Gasteiger partial charge in [-0.1, -0.05) is 24.3 Å². The predicted octanol–water partition coefficient (Wildman–Crippen LogP) is 3.17. The van der Waals surface area contributed by atoms with E-state index in [2.05, 4.69) is 5.10 Å². The molecule has 2 aliphatic rings. The maximum absolute atomic E-state index is 14.1. The number of carbonyl (C=O) groups excluding carboxylic acids is 2. The third kappa shape index (κ3) is 4.37. The molecular weight excluding hydrogens is 440 g/mol. The number of aryl methyl sites for hydroxylation is 1. The molecule has 5 rings (SSSR count). The van der Waals surface area contributed by atoms with Crippen molar-refractivity contribution < 1.29 is 18.4 Å². The first-order valence-corrected chi connectivity index (χ1v) is 11.4. The Morgan fingerprint density at radius 3 is 2.47 bits per heavy atom. The molecule has 2 amide bonds. The van der Waals surface area contributed by atoms with Crippen molar-refractivity contribution in [1.29, 1.82) is 0 Å². The molecule has 0 radical (unpaired) electrons. The molecule has 7 nitrogen and oxygen atoms in total. The van der Waals surface area contributed by atoms with Gasteiger partial charge in [-0.25, -0.2) is 8.78 Å². The van der Waals surface area contributed by atoms with Gasteiger partial charge in [0.15, 0.2) is 5.69 Å². The molecule has 0 aliphatic carbocycles. The van der Waals surface area contributed by atoms with Gasteiger partial charge in [-0.05, 0) is 36.2 Å². The second-order valence-electron chi connectivity index (χ2n) is 8.58. The van der Waals surface area contributed by atoms with Crippen LogP contribution in [0.25, 0.3) is 0 Å². The third-order valence-corrected chi connectivity index (χ3v) is 6.33. The molecule has 0 atom stereocenters. The molecule has 0 bridgehead atoms. The number of anilines is 1. The molecule has 2 aliphatic heterocycles. The number of benzene rings is 2. The summed E-state index contributed by atoms with van der Waals surface area (Å²) >= 11 is 0. The summed E-state index contributed by atoms with van der Waals surface area (Å²) in [7, 11) is 0.